The van der Waals surface area contributed by atoms with Gasteiger partial charge < -0.3 is 16.2 Å². The molecule has 1 aromatic carbocycles. The van der Waals surface area contributed by atoms with Crippen LogP contribution in [0, 0.1) is 0 Å². The molecule has 0 amide bonds. The molecule has 0 aliphatic carbocycles. The molecule has 1 heterocycles. The summed E-state index contributed by atoms with van der Waals surface area (Å²) in [6, 6.07) is 6.89. The molecule has 2 rings (SSSR count). The fourth-order valence-electron chi connectivity index (χ4n) is 1.84. The Morgan fingerprint density at radius 2 is 2.17 bits per heavy atom. The Hall–Kier alpha value is -2.14. The van der Waals surface area contributed by atoms with Crippen molar-refractivity contribution in [2.45, 2.75) is 6.42 Å². The molecular formula is C13H15N3O2. The number of carbonyl (C=O) groups is 1. The molecule has 0 aliphatic heterocycles. The van der Waals surface area contributed by atoms with Gasteiger partial charge >= 0.3 is 5.97 Å². The molecule has 1 aromatic heterocycles. The van der Waals surface area contributed by atoms with Gasteiger partial charge in [0.15, 0.2) is 0 Å². The first-order valence-electron chi connectivity index (χ1n) is 5.79. The molecule has 0 spiro atoms. The van der Waals surface area contributed by atoms with Crippen molar-refractivity contribution in [3.05, 3.63) is 36.0 Å². The number of carboxylic acids is 1. The lowest BCUT2D eigenvalue weighted by Gasteiger charge is -2.09. The van der Waals surface area contributed by atoms with Gasteiger partial charge in [-0.3, -0.25) is 0 Å². The number of benzene rings is 1. The second kappa shape index (κ2) is 5.46. The minimum atomic E-state index is -0.931. The van der Waals surface area contributed by atoms with E-state index < -0.39 is 5.97 Å². The number of aromatic nitrogens is 1. The molecular weight excluding hydrogens is 230 g/mol. The first-order chi connectivity index (χ1) is 8.74. The summed E-state index contributed by atoms with van der Waals surface area (Å²) in [5, 5.41) is 13.8. The number of nitrogens with zero attached hydrogens (tertiary/aromatic N) is 1. The van der Waals surface area contributed by atoms with Gasteiger partial charge in [-0.05, 0) is 25.1 Å². The van der Waals surface area contributed by atoms with Crippen molar-refractivity contribution in [3.63, 3.8) is 0 Å². The Bertz CT molecular complexity index is 569. The van der Waals surface area contributed by atoms with Crippen LogP contribution in [0.2, 0.25) is 0 Å². The molecule has 0 aliphatic rings. The highest BCUT2D eigenvalue weighted by Gasteiger charge is 2.10. The first kappa shape index (κ1) is 12.3. The van der Waals surface area contributed by atoms with E-state index in [9.17, 15) is 4.79 Å². The minimum Gasteiger partial charge on any atom is -0.478 e. The molecule has 4 N–H and O–H groups in total. The second-order valence-electron chi connectivity index (χ2n) is 3.93. The number of pyridine rings is 1. The summed E-state index contributed by atoms with van der Waals surface area (Å²) in [6.07, 6.45) is 2.45. The van der Waals surface area contributed by atoms with E-state index in [2.05, 4.69) is 10.3 Å². The van der Waals surface area contributed by atoms with Crippen molar-refractivity contribution in [2.75, 3.05) is 18.4 Å². The number of aromatic carboxylic acids is 1. The third kappa shape index (κ3) is 2.41. The number of hydrogen-bond acceptors (Lipinski definition) is 4. The summed E-state index contributed by atoms with van der Waals surface area (Å²) < 4.78 is 0. The second-order valence-corrected chi connectivity index (χ2v) is 3.93. The van der Waals surface area contributed by atoms with E-state index in [1.165, 1.54) is 0 Å². The zero-order chi connectivity index (χ0) is 13.0. The van der Waals surface area contributed by atoms with Gasteiger partial charge in [-0.1, -0.05) is 12.1 Å². The summed E-state index contributed by atoms with van der Waals surface area (Å²) in [4.78, 5) is 15.4. The van der Waals surface area contributed by atoms with Gasteiger partial charge in [0, 0.05) is 23.5 Å². The molecule has 0 atom stereocenters. The van der Waals surface area contributed by atoms with E-state index in [1.807, 2.05) is 6.07 Å². The Balaban J connectivity index is 2.43. The van der Waals surface area contributed by atoms with Gasteiger partial charge in [-0.2, -0.15) is 0 Å². The lowest BCUT2D eigenvalue weighted by Crippen LogP contribution is -2.09. The summed E-state index contributed by atoms with van der Waals surface area (Å²) >= 11 is 0. The fraction of sp³-hybridized carbons (Fsp3) is 0.231. The fourth-order valence-corrected chi connectivity index (χ4v) is 1.84. The monoisotopic (exact) mass is 245 g/mol. The molecule has 94 valence electrons. The number of anilines is 1. The van der Waals surface area contributed by atoms with Crippen LogP contribution >= 0.6 is 0 Å². The summed E-state index contributed by atoms with van der Waals surface area (Å²) in [5.74, 6) is -0.233. The Morgan fingerprint density at radius 1 is 1.33 bits per heavy atom. The highest BCUT2D eigenvalue weighted by atomic mass is 16.4. The van der Waals surface area contributed by atoms with E-state index in [4.69, 9.17) is 10.8 Å². The quantitative estimate of drug-likeness (QED) is 0.698. The van der Waals surface area contributed by atoms with Crippen LogP contribution in [0.25, 0.3) is 10.8 Å². The topological polar surface area (TPSA) is 88.2 Å². The van der Waals surface area contributed by atoms with Crippen molar-refractivity contribution < 1.29 is 9.90 Å². The van der Waals surface area contributed by atoms with E-state index in [0.29, 0.717) is 17.7 Å². The molecule has 5 nitrogen and oxygen atoms in total. The Morgan fingerprint density at radius 3 is 2.89 bits per heavy atom. The highest BCUT2D eigenvalue weighted by Crippen LogP contribution is 2.24. The predicted molar refractivity (Wildman–Crippen MR) is 70.9 cm³/mol. The van der Waals surface area contributed by atoms with E-state index >= 15 is 0 Å². The summed E-state index contributed by atoms with van der Waals surface area (Å²) in [5.41, 5.74) is 5.72. The molecule has 0 radical (unpaired) electrons. The van der Waals surface area contributed by atoms with E-state index in [0.717, 1.165) is 18.4 Å². The highest BCUT2D eigenvalue weighted by molar-refractivity contribution is 6.06. The third-order valence-electron chi connectivity index (χ3n) is 2.71. The maximum absolute atomic E-state index is 11.1. The molecule has 0 saturated heterocycles. The van der Waals surface area contributed by atoms with E-state index in [-0.39, 0.29) is 5.56 Å². The van der Waals surface area contributed by atoms with Crippen LogP contribution in [0.4, 0.5) is 5.82 Å². The molecule has 0 unspecified atom stereocenters. The third-order valence-corrected chi connectivity index (χ3v) is 2.71. The lowest BCUT2D eigenvalue weighted by molar-refractivity contribution is 0.0699. The number of hydrogen-bond donors (Lipinski definition) is 3. The van der Waals surface area contributed by atoms with Crippen LogP contribution in [0.15, 0.2) is 30.5 Å². The standard InChI is InChI=1S/C13H15N3O2/c14-6-2-7-15-12-10-3-1-4-11(13(17)18)9(10)5-8-16-12/h1,3-5,8H,2,6-7,14H2,(H,15,16)(H,17,18). The number of nitrogens with one attached hydrogen (secondary N) is 1. The number of rotatable bonds is 5. The summed E-state index contributed by atoms with van der Waals surface area (Å²) in [7, 11) is 0. The Kier molecular flexibility index (Phi) is 3.74. The first-order valence-corrected chi connectivity index (χ1v) is 5.79. The average molecular weight is 245 g/mol. The van der Waals surface area contributed by atoms with Crippen LogP contribution in [0.1, 0.15) is 16.8 Å². The normalized spacial score (nSPS) is 10.5. The Labute approximate surface area is 105 Å². The van der Waals surface area contributed by atoms with Crippen molar-refractivity contribution in [2.24, 2.45) is 5.73 Å². The molecule has 5 heteroatoms. The lowest BCUT2D eigenvalue weighted by atomic mass is 10.1. The zero-order valence-electron chi connectivity index (χ0n) is 9.89. The van der Waals surface area contributed by atoms with Gasteiger partial charge in [0.25, 0.3) is 0 Å². The van der Waals surface area contributed by atoms with Crippen molar-refractivity contribution in [1.29, 1.82) is 0 Å². The van der Waals surface area contributed by atoms with Crippen LogP contribution in [-0.2, 0) is 0 Å². The van der Waals surface area contributed by atoms with Crippen molar-refractivity contribution in [3.8, 4) is 0 Å². The number of fused-ring (bicyclic) bond motifs is 1. The largest absolute Gasteiger partial charge is 0.478 e. The predicted octanol–water partition coefficient (Wildman–Crippen LogP) is 1.69. The van der Waals surface area contributed by atoms with Gasteiger partial charge in [0.05, 0.1) is 5.56 Å². The van der Waals surface area contributed by atoms with Gasteiger partial charge in [0.2, 0.25) is 0 Å². The summed E-state index contributed by atoms with van der Waals surface area (Å²) in [6.45, 7) is 1.33. The maximum Gasteiger partial charge on any atom is 0.336 e. The van der Waals surface area contributed by atoms with Crippen LogP contribution in [0.3, 0.4) is 0 Å². The van der Waals surface area contributed by atoms with Crippen LogP contribution < -0.4 is 11.1 Å². The molecule has 18 heavy (non-hydrogen) atoms. The van der Waals surface area contributed by atoms with Crippen LogP contribution in [0.5, 0.6) is 0 Å². The van der Waals surface area contributed by atoms with E-state index in [1.54, 1.807) is 24.4 Å². The zero-order valence-corrected chi connectivity index (χ0v) is 9.89. The van der Waals surface area contributed by atoms with Gasteiger partial charge in [0.1, 0.15) is 5.82 Å². The maximum atomic E-state index is 11.1. The molecule has 2 aromatic rings. The average Bonchev–Trinajstić information content (AvgIpc) is 2.38. The molecule has 0 saturated carbocycles. The van der Waals surface area contributed by atoms with Gasteiger partial charge in [-0.25, -0.2) is 9.78 Å². The number of carboxylic acid groups (broad SMARTS) is 1. The smallest absolute Gasteiger partial charge is 0.336 e. The minimum absolute atomic E-state index is 0.289. The SMILES string of the molecule is NCCCNc1nccc2c(C(=O)O)cccc12. The van der Waals surface area contributed by atoms with Gasteiger partial charge in [-0.15, -0.1) is 0 Å². The van der Waals surface area contributed by atoms with Crippen molar-refractivity contribution in [1.82, 2.24) is 4.98 Å². The van der Waals surface area contributed by atoms with Crippen LogP contribution in [-0.4, -0.2) is 29.1 Å². The molecule has 0 fully saturated rings. The molecule has 0 bridgehead atoms. The number of nitrogens with two attached hydrogens (primary N) is 1. The van der Waals surface area contributed by atoms with Crippen molar-refractivity contribution >= 4 is 22.6 Å².